The van der Waals surface area contributed by atoms with Crippen LogP contribution in [0.3, 0.4) is 0 Å². The Morgan fingerprint density at radius 2 is 1.74 bits per heavy atom. The second-order valence-electron chi connectivity index (χ2n) is 8.20. The molecule has 1 fully saturated rings. The van der Waals surface area contributed by atoms with E-state index in [1.54, 1.807) is 0 Å². The van der Waals surface area contributed by atoms with Crippen molar-refractivity contribution in [1.82, 2.24) is 14.7 Å². The lowest BCUT2D eigenvalue weighted by molar-refractivity contribution is -0.192. The smallest absolute Gasteiger partial charge is 0.475 e. The van der Waals surface area contributed by atoms with Crippen LogP contribution in [-0.2, 0) is 9.59 Å². The first-order valence-electron chi connectivity index (χ1n) is 11.0. The van der Waals surface area contributed by atoms with E-state index in [1.165, 1.54) is 6.08 Å². The highest BCUT2D eigenvalue weighted by Crippen LogP contribution is 2.39. The van der Waals surface area contributed by atoms with Gasteiger partial charge >= 0.3 is 12.1 Å². The Morgan fingerprint density at radius 3 is 2.26 bits per heavy atom. The van der Waals surface area contributed by atoms with Crippen molar-refractivity contribution in [3.63, 3.8) is 0 Å². The number of carbonyl (C=O) groups is 3. The van der Waals surface area contributed by atoms with Crippen molar-refractivity contribution in [2.75, 3.05) is 25.0 Å². The minimum absolute atomic E-state index is 0.00841. The van der Waals surface area contributed by atoms with Crippen molar-refractivity contribution >= 4 is 23.6 Å². The first-order chi connectivity index (χ1) is 16.5. The van der Waals surface area contributed by atoms with E-state index >= 15 is 0 Å². The van der Waals surface area contributed by atoms with Gasteiger partial charge in [-0.3, -0.25) is 9.59 Å². The van der Waals surface area contributed by atoms with Crippen molar-refractivity contribution in [2.45, 2.75) is 31.5 Å². The number of hydrogen-bond acceptors (Lipinski definition) is 5. The van der Waals surface area contributed by atoms with Gasteiger partial charge in [-0.2, -0.15) is 18.3 Å². The van der Waals surface area contributed by atoms with Crippen LogP contribution < -0.4 is 11.1 Å². The van der Waals surface area contributed by atoms with Crippen molar-refractivity contribution in [2.24, 2.45) is 11.7 Å². The summed E-state index contributed by atoms with van der Waals surface area (Å²) in [5.74, 6) is -2.12. The molecule has 4 N–H and O–H groups in total. The third kappa shape index (κ3) is 5.81. The molecule has 1 aromatic carbocycles. The Labute approximate surface area is 199 Å². The average molecular weight is 493 g/mol. The molecule has 4 rings (SSSR count). The summed E-state index contributed by atoms with van der Waals surface area (Å²) in [6.45, 7) is 5.80. The number of aliphatic carboxylic acids is 1. The van der Waals surface area contributed by atoms with Gasteiger partial charge in [0.15, 0.2) is 0 Å². The predicted octanol–water partition coefficient (Wildman–Crippen LogP) is 3.06. The van der Waals surface area contributed by atoms with E-state index < -0.39 is 18.1 Å². The number of carboxylic acid groups (broad SMARTS) is 1. The maximum absolute atomic E-state index is 12.2. The molecule has 2 amide bonds. The van der Waals surface area contributed by atoms with Crippen LogP contribution in [0.4, 0.5) is 19.0 Å². The molecule has 0 aliphatic carbocycles. The molecule has 188 valence electrons. The number of rotatable bonds is 4. The summed E-state index contributed by atoms with van der Waals surface area (Å²) in [7, 11) is 0. The average Bonchev–Trinajstić information content (AvgIpc) is 3.24. The van der Waals surface area contributed by atoms with Gasteiger partial charge in [0, 0.05) is 25.2 Å². The summed E-state index contributed by atoms with van der Waals surface area (Å²) in [5, 5.41) is 15.3. The molecule has 0 radical (unpaired) electrons. The summed E-state index contributed by atoms with van der Waals surface area (Å²) in [5.41, 5.74) is 7.69. The van der Waals surface area contributed by atoms with Gasteiger partial charge in [-0.1, -0.05) is 36.9 Å². The number of fused-ring (bicyclic) bond motifs is 1. The summed E-state index contributed by atoms with van der Waals surface area (Å²) >= 11 is 0. The van der Waals surface area contributed by atoms with Crippen LogP contribution in [0.2, 0.25) is 0 Å². The Morgan fingerprint density at radius 1 is 1.14 bits per heavy atom. The molecule has 0 saturated carbocycles. The highest BCUT2D eigenvalue weighted by Gasteiger charge is 2.38. The summed E-state index contributed by atoms with van der Waals surface area (Å²) in [6, 6.07) is 9.85. The quantitative estimate of drug-likeness (QED) is 0.561. The van der Waals surface area contributed by atoms with Crippen molar-refractivity contribution in [3.8, 4) is 11.3 Å². The zero-order valence-electron chi connectivity index (χ0n) is 18.8. The fourth-order valence-electron chi connectivity index (χ4n) is 4.41. The van der Waals surface area contributed by atoms with Crippen molar-refractivity contribution in [1.29, 1.82) is 0 Å². The molecule has 2 aliphatic heterocycles. The molecule has 1 aromatic heterocycles. The number of alkyl halides is 3. The number of nitrogens with one attached hydrogen (secondary N) is 1. The van der Waals surface area contributed by atoms with Crippen LogP contribution in [-0.4, -0.2) is 63.4 Å². The maximum atomic E-state index is 12.2. The molecule has 35 heavy (non-hydrogen) atoms. The number of anilines is 1. The lowest BCUT2D eigenvalue weighted by Crippen LogP contribution is -2.41. The molecule has 0 spiro atoms. The Kier molecular flexibility index (Phi) is 7.82. The minimum atomic E-state index is -5.08. The summed E-state index contributed by atoms with van der Waals surface area (Å²) < 4.78 is 33.7. The SMILES string of the molecule is C=CC(=O)N1CCC(C2CCNc3c(C(N)=O)c(-c4ccccc4)nn32)CC1.O=C(O)C(F)(F)F. The van der Waals surface area contributed by atoms with Gasteiger partial charge in [0.1, 0.15) is 17.1 Å². The number of piperidine rings is 1. The van der Waals surface area contributed by atoms with Crippen LogP contribution in [0.15, 0.2) is 43.0 Å². The fourth-order valence-corrected chi connectivity index (χ4v) is 4.41. The van der Waals surface area contributed by atoms with Crippen LogP contribution in [0, 0.1) is 5.92 Å². The van der Waals surface area contributed by atoms with Crippen LogP contribution >= 0.6 is 0 Å². The standard InChI is InChI=1S/C21H25N5O2.C2HF3O2/c1-2-17(27)25-12-9-14(10-13-25)16-8-11-23-21-18(20(22)28)19(24-26(16)21)15-6-4-3-5-7-15;3-2(4,5)1(6)7/h2-7,14,16,23H,1,8-13H2,(H2,22,28);(H,6,7). The Hall–Kier alpha value is -3.83. The largest absolute Gasteiger partial charge is 0.490 e. The number of carboxylic acids is 1. The number of aromatic nitrogens is 2. The molecule has 2 aromatic rings. The van der Waals surface area contributed by atoms with E-state index in [1.807, 2.05) is 39.9 Å². The highest BCUT2D eigenvalue weighted by atomic mass is 19.4. The van der Waals surface area contributed by atoms with Crippen LogP contribution in [0.5, 0.6) is 0 Å². The number of benzene rings is 1. The number of carbonyl (C=O) groups excluding carboxylic acids is 2. The number of nitrogens with two attached hydrogens (primary N) is 1. The number of nitrogens with zero attached hydrogens (tertiary/aromatic N) is 3. The highest BCUT2D eigenvalue weighted by molar-refractivity contribution is 6.03. The number of likely N-dealkylation sites (tertiary alicyclic amines) is 1. The lowest BCUT2D eigenvalue weighted by atomic mass is 9.87. The number of halogens is 3. The van der Waals surface area contributed by atoms with Crippen molar-refractivity contribution < 1.29 is 32.7 Å². The predicted molar refractivity (Wildman–Crippen MR) is 122 cm³/mol. The number of amides is 2. The summed E-state index contributed by atoms with van der Waals surface area (Å²) in [6.07, 6.45) is -0.949. The molecule has 9 nitrogen and oxygen atoms in total. The van der Waals surface area contributed by atoms with E-state index in [0.717, 1.165) is 44.5 Å². The van der Waals surface area contributed by atoms with Gasteiger partial charge in [0.25, 0.3) is 5.91 Å². The molecule has 0 bridgehead atoms. The van der Waals surface area contributed by atoms with E-state index in [4.69, 9.17) is 20.7 Å². The van der Waals surface area contributed by atoms with Gasteiger partial charge < -0.3 is 21.1 Å². The molecule has 3 heterocycles. The van der Waals surface area contributed by atoms with Crippen LogP contribution in [0.1, 0.15) is 35.7 Å². The van der Waals surface area contributed by atoms with E-state index in [9.17, 15) is 22.8 Å². The third-order valence-corrected chi connectivity index (χ3v) is 6.06. The zero-order valence-corrected chi connectivity index (χ0v) is 18.8. The molecule has 2 aliphatic rings. The Balaban J connectivity index is 0.000000429. The second kappa shape index (κ2) is 10.6. The molecular formula is C23H26F3N5O4. The monoisotopic (exact) mass is 493 g/mol. The maximum Gasteiger partial charge on any atom is 0.490 e. The lowest BCUT2D eigenvalue weighted by Gasteiger charge is -2.38. The van der Waals surface area contributed by atoms with Gasteiger partial charge in [-0.25, -0.2) is 9.48 Å². The molecular weight excluding hydrogens is 467 g/mol. The van der Waals surface area contributed by atoms with Gasteiger partial charge in [-0.05, 0) is 31.3 Å². The first-order valence-corrected chi connectivity index (χ1v) is 11.0. The minimum Gasteiger partial charge on any atom is -0.475 e. The molecule has 1 unspecified atom stereocenters. The van der Waals surface area contributed by atoms with Gasteiger partial charge in [0.2, 0.25) is 5.91 Å². The molecule has 12 heteroatoms. The van der Waals surface area contributed by atoms with E-state index in [-0.39, 0.29) is 11.9 Å². The normalized spacial score (nSPS) is 17.9. The van der Waals surface area contributed by atoms with Gasteiger partial charge in [0.05, 0.1) is 6.04 Å². The number of primary amides is 1. The molecule has 1 atom stereocenters. The number of hydrogen-bond donors (Lipinski definition) is 3. The van der Waals surface area contributed by atoms with E-state index in [2.05, 4.69) is 11.9 Å². The fraction of sp³-hybridized carbons (Fsp3) is 0.391. The van der Waals surface area contributed by atoms with Gasteiger partial charge in [-0.15, -0.1) is 0 Å². The van der Waals surface area contributed by atoms with Crippen LogP contribution in [0.25, 0.3) is 11.3 Å². The first kappa shape index (κ1) is 25.8. The molecule has 1 saturated heterocycles. The topological polar surface area (TPSA) is 131 Å². The Bertz CT molecular complexity index is 1090. The summed E-state index contributed by atoms with van der Waals surface area (Å²) in [4.78, 5) is 34.8. The second-order valence-corrected chi connectivity index (χ2v) is 8.20. The van der Waals surface area contributed by atoms with Crippen molar-refractivity contribution in [3.05, 3.63) is 48.6 Å². The van der Waals surface area contributed by atoms with E-state index in [0.29, 0.717) is 23.0 Å². The third-order valence-electron chi connectivity index (χ3n) is 6.06. The zero-order chi connectivity index (χ0) is 25.8.